The number of para-hydroxylation sites is 1. The van der Waals surface area contributed by atoms with E-state index >= 15 is 0 Å². The molecule has 0 aliphatic rings. The number of halogens is 1. The summed E-state index contributed by atoms with van der Waals surface area (Å²) in [5.74, 6) is 2.11. The van der Waals surface area contributed by atoms with Gasteiger partial charge in [0.15, 0.2) is 0 Å². The van der Waals surface area contributed by atoms with E-state index < -0.39 is 0 Å². The average molecular weight is 304 g/mol. The van der Waals surface area contributed by atoms with E-state index in [0.29, 0.717) is 10.9 Å². The van der Waals surface area contributed by atoms with Gasteiger partial charge in [-0.3, -0.25) is 0 Å². The van der Waals surface area contributed by atoms with E-state index in [9.17, 15) is 0 Å². The molecule has 1 atom stereocenters. The molecule has 3 heteroatoms. The molecule has 2 rings (SSSR count). The molecule has 0 aliphatic heterocycles. The van der Waals surface area contributed by atoms with E-state index in [2.05, 4.69) is 31.3 Å². The summed E-state index contributed by atoms with van der Waals surface area (Å²) in [5.41, 5.74) is 2.38. The molecular formula is C18H22ClNO. The van der Waals surface area contributed by atoms with Crippen LogP contribution >= 0.6 is 11.6 Å². The Hall–Kier alpha value is -1.51. The first-order valence-electron chi connectivity index (χ1n) is 7.35. The minimum absolute atomic E-state index is 0.569. The van der Waals surface area contributed by atoms with Crippen LogP contribution in [0.25, 0.3) is 0 Å². The van der Waals surface area contributed by atoms with Gasteiger partial charge in [0, 0.05) is 12.1 Å². The third-order valence-corrected chi connectivity index (χ3v) is 3.99. The van der Waals surface area contributed by atoms with Gasteiger partial charge >= 0.3 is 0 Å². The molecule has 0 aromatic heterocycles. The van der Waals surface area contributed by atoms with Crippen molar-refractivity contribution in [2.45, 2.75) is 32.7 Å². The largest absolute Gasteiger partial charge is 0.455 e. The molecule has 2 aromatic carbocycles. The van der Waals surface area contributed by atoms with Crippen LogP contribution in [0.2, 0.25) is 5.02 Å². The lowest BCUT2D eigenvalue weighted by Gasteiger charge is -2.14. The highest BCUT2D eigenvalue weighted by atomic mass is 35.5. The minimum atomic E-state index is 0.569. The minimum Gasteiger partial charge on any atom is -0.455 e. The van der Waals surface area contributed by atoms with Crippen molar-refractivity contribution in [3.8, 4) is 11.5 Å². The van der Waals surface area contributed by atoms with Crippen molar-refractivity contribution >= 4 is 11.6 Å². The third-order valence-electron chi connectivity index (χ3n) is 3.70. The first-order valence-corrected chi connectivity index (χ1v) is 7.73. The zero-order chi connectivity index (χ0) is 15.2. The van der Waals surface area contributed by atoms with Crippen LogP contribution in [-0.2, 0) is 6.54 Å². The quantitative estimate of drug-likeness (QED) is 0.775. The molecule has 1 unspecified atom stereocenters. The number of nitrogens with one attached hydrogen (secondary N) is 1. The molecule has 2 aromatic rings. The molecule has 0 saturated heterocycles. The van der Waals surface area contributed by atoms with E-state index in [1.54, 1.807) is 0 Å². The van der Waals surface area contributed by atoms with Gasteiger partial charge in [-0.05, 0) is 43.1 Å². The van der Waals surface area contributed by atoms with Crippen LogP contribution in [0.15, 0.2) is 42.5 Å². The van der Waals surface area contributed by atoms with Gasteiger partial charge in [0.2, 0.25) is 0 Å². The number of ether oxygens (including phenoxy) is 1. The zero-order valence-corrected chi connectivity index (χ0v) is 13.6. The van der Waals surface area contributed by atoms with Crippen LogP contribution in [0.1, 0.15) is 37.3 Å². The fourth-order valence-corrected chi connectivity index (χ4v) is 2.45. The fraction of sp³-hybridized carbons (Fsp3) is 0.333. The normalized spacial score (nSPS) is 12.2. The van der Waals surface area contributed by atoms with Crippen molar-refractivity contribution in [1.82, 2.24) is 5.32 Å². The highest BCUT2D eigenvalue weighted by Gasteiger charge is 2.10. The topological polar surface area (TPSA) is 21.3 Å². The summed E-state index contributed by atoms with van der Waals surface area (Å²) >= 11 is 6.27. The summed E-state index contributed by atoms with van der Waals surface area (Å²) in [7, 11) is 1.91. The van der Waals surface area contributed by atoms with Crippen LogP contribution in [0.4, 0.5) is 0 Å². The van der Waals surface area contributed by atoms with E-state index in [0.717, 1.165) is 30.0 Å². The Morgan fingerprint density at radius 1 is 1.14 bits per heavy atom. The molecule has 0 aliphatic carbocycles. The van der Waals surface area contributed by atoms with Crippen molar-refractivity contribution in [3.05, 3.63) is 58.6 Å². The monoisotopic (exact) mass is 303 g/mol. The molecule has 0 radical (unpaired) electrons. The molecule has 21 heavy (non-hydrogen) atoms. The van der Waals surface area contributed by atoms with Crippen LogP contribution in [-0.4, -0.2) is 7.05 Å². The Kier molecular flexibility index (Phi) is 5.66. The summed E-state index contributed by atoms with van der Waals surface area (Å²) in [6.45, 7) is 5.15. The lowest BCUT2D eigenvalue weighted by atomic mass is 9.99. The summed E-state index contributed by atoms with van der Waals surface area (Å²) < 4.78 is 5.99. The summed E-state index contributed by atoms with van der Waals surface area (Å²) in [4.78, 5) is 0. The highest BCUT2D eigenvalue weighted by molar-refractivity contribution is 6.32. The van der Waals surface area contributed by atoms with E-state index in [4.69, 9.17) is 16.3 Å². The molecule has 0 amide bonds. The number of rotatable bonds is 6. The van der Waals surface area contributed by atoms with Crippen LogP contribution in [0, 0.1) is 0 Å². The van der Waals surface area contributed by atoms with Crippen LogP contribution < -0.4 is 10.1 Å². The predicted molar refractivity (Wildman–Crippen MR) is 89.4 cm³/mol. The van der Waals surface area contributed by atoms with Gasteiger partial charge in [0.25, 0.3) is 0 Å². The van der Waals surface area contributed by atoms with Gasteiger partial charge in [-0.1, -0.05) is 49.7 Å². The molecule has 0 saturated carbocycles. The lowest BCUT2D eigenvalue weighted by molar-refractivity contribution is 0.474. The van der Waals surface area contributed by atoms with Gasteiger partial charge in [-0.15, -0.1) is 0 Å². The third kappa shape index (κ3) is 3.99. The molecule has 0 fully saturated rings. The molecule has 0 bridgehead atoms. The Balaban J connectivity index is 2.22. The van der Waals surface area contributed by atoms with Gasteiger partial charge in [0.1, 0.15) is 11.5 Å². The summed E-state index contributed by atoms with van der Waals surface area (Å²) in [6, 6.07) is 14.1. The Morgan fingerprint density at radius 2 is 1.86 bits per heavy atom. The molecule has 0 heterocycles. The van der Waals surface area contributed by atoms with Gasteiger partial charge in [0.05, 0.1) is 5.02 Å². The van der Waals surface area contributed by atoms with Crippen molar-refractivity contribution < 1.29 is 4.74 Å². The van der Waals surface area contributed by atoms with Crippen LogP contribution in [0.3, 0.4) is 0 Å². The van der Waals surface area contributed by atoms with Gasteiger partial charge < -0.3 is 10.1 Å². The maximum atomic E-state index is 6.27. The second-order valence-electron chi connectivity index (χ2n) is 5.24. The van der Waals surface area contributed by atoms with Crippen LogP contribution in [0.5, 0.6) is 11.5 Å². The molecular weight excluding hydrogens is 282 g/mol. The Morgan fingerprint density at radius 3 is 2.48 bits per heavy atom. The van der Waals surface area contributed by atoms with Gasteiger partial charge in [-0.25, -0.2) is 0 Å². The second kappa shape index (κ2) is 7.48. The Bertz CT molecular complexity index is 580. The van der Waals surface area contributed by atoms with E-state index in [-0.39, 0.29) is 0 Å². The smallest absolute Gasteiger partial charge is 0.150 e. The summed E-state index contributed by atoms with van der Waals surface area (Å²) in [6.07, 6.45) is 1.14. The first-order chi connectivity index (χ1) is 10.2. The van der Waals surface area contributed by atoms with E-state index in [1.165, 1.54) is 5.56 Å². The Labute approximate surface area is 132 Å². The number of hydrogen-bond acceptors (Lipinski definition) is 2. The van der Waals surface area contributed by atoms with Crippen molar-refractivity contribution in [1.29, 1.82) is 0 Å². The number of benzene rings is 2. The fourth-order valence-electron chi connectivity index (χ4n) is 2.22. The highest BCUT2D eigenvalue weighted by Crippen LogP contribution is 2.33. The maximum absolute atomic E-state index is 6.27. The van der Waals surface area contributed by atoms with E-state index in [1.807, 2.05) is 37.4 Å². The van der Waals surface area contributed by atoms with Crippen molar-refractivity contribution in [2.75, 3.05) is 7.05 Å². The van der Waals surface area contributed by atoms with Gasteiger partial charge in [-0.2, -0.15) is 0 Å². The second-order valence-corrected chi connectivity index (χ2v) is 5.65. The average Bonchev–Trinajstić information content (AvgIpc) is 2.51. The molecule has 112 valence electrons. The summed E-state index contributed by atoms with van der Waals surface area (Å²) in [5, 5.41) is 3.76. The molecule has 2 nitrogen and oxygen atoms in total. The predicted octanol–water partition coefficient (Wildman–Crippen LogP) is 5.37. The zero-order valence-electron chi connectivity index (χ0n) is 12.8. The standard InChI is InChI=1S/C18H22ClNO/c1-4-13(2)14-8-10-16(11-9-14)21-18-15(12-20-3)6-5-7-17(18)19/h5-11,13,20H,4,12H2,1-3H3. The maximum Gasteiger partial charge on any atom is 0.150 e. The first kappa shape index (κ1) is 15.9. The SMILES string of the molecule is CCC(C)c1ccc(Oc2c(Cl)cccc2CNC)cc1. The lowest BCUT2D eigenvalue weighted by Crippen LogP contribution is -2.06. The van der Waals surface area contributed by atoms with Crippen molar-refractivity contribution in [3.63, 3.8) is 0 Å². The van der Waals surface area contributed by atoms with Crippen molar-refractivity contribution in [2.24, 2.45) is 0 Å². The molecule has 1 N–H and O–H groups in total. The molecule has 0 spiro atoms. The number of hydrogen-bond donors (Lipinski definition) is 1.